The molecule has 1 unspecified atom stereocenters. The Labute approximate surface area is 287 Å². The van der Waals surface area contributed by atoms with Crippen molar-refractivity contribution in [3.05, 3.63) is 106 Å². The maximum atomic E-state index is 13.3. The molecule has 1 atom stereocenters. The van der Waals surface area contributed by atoms with Gasteiger partial charge in [0, 0.05) is 13.6 Å². The smallest absolute Gasteiger partial charge is 0.344 e. The van der Waals surface area contributed by atoms with Crippen molar-refractivity contribution in [2.75, 3.05) is 40.3 Å². The summed E-state index contributed by atoms with van der Waals surface area (Å²) in [5.74, 6) is -0.230. The Morgan fingerprint density at radius 3 is 1.47 bits per heavy atom. The number of hydrogen-bond acceptors (Lipinski definition) is 3. The van der Waals surface area contributed by atoms with Crippen LogP contribution in [-0.2, 0) is 42.3 Å². The van der Waals surface area contributed by atoms with Gasteiger partial charge >= 0.3 is 24.7 Å². The highest BCUT2D eigenvalue weighted by Gasteiger charge is 2.38. The zero-order valence-electron chi connectivity index (χ0n) is 27.6. The maximum Gasteiger partial charge on any atom is 0.416 e. The number of benzene rings is 3. The van der Waals surface area contributed by atoms with Gasteiger partial charge in [0.1, 0.15) is 6.04 Å². The van der Waals surface area contributed by atoms with Crippen LogP contribution in [0.25, 0.3) is 0 Å². The van der Waals surface area contributed by atoms with Gasteiger partial charge in [-0.1, -0.05) is 36.8 Å². The molecule has 0 aliphatic carbocycles. The van der Waals surface area contributed by atoms with Gasteiger partial charge in [0.2, 0.25) is 5.91 Å². The molecule has 282 valence electrons. The molecule has 1 aliphatic rings. The van der Waals surface area contributed by atoms with Gasteiger partial charge in [0.05, 0.1) is 22.3 Å². The minimum Gasteiger partial charge on any atom is -0.344 e. The molecule has 4 nitrogen and oxygen atoms in total. The quantitative estimate of drug-likeness (QED) is 0.222. The minimum atomic E-state index is -4.90. The number of hydrogen-bond donors (Lipinski definition) is 1. The summed E-state index contributed by atoms with van der Waals surface area (Å²) in [5, 5.41) is 2.67. The van der Waals surface area contributed by atoms with Gasteiger partial charge in [-0.2, -0.15) is 52.7 Å². The average molecular weight is 744 g/mol. The van der Waals surface area contributed by atoms with Gasteiger partial charge in [-0.05, 0) is 105 Å². The summed E-state index contributed by atoms with van der Waals surface area (Å²) in [6.45, 7) is 1.80. The van der Waals surface area contributed by atoms with Crippen LogP contribution in [0.15, 0.2) is 66.7 Å². The molecule has 0 aromatic heterocycles. The number of carbonyl (C=O) groups excluding carboxylic acids is 1. The van der Waals surface area contributed by atoms with Crippen LogP contribution in [-0.4, -0.2) is 56.0 Å². The molecule has 0 radical (unpaired) electrons. The molecular weight excluding hydrogens is 706 g/mol. The fourth-order valence-corrected chi connectivity index (χ4v) is 5.53. The molecule has 0 bridgehead atoms. The number of halogens is 12. The summed E-state index contributed by atoms with van der Waals surface area (Å²) in [4.78, 5) is 16.8. The fraction of sp³-hybridized carbons (Fsp3) is 0.457. The number of amides is 1. The van der Waals surface area contributed by atoms with Crippen LogP contribution in [0, 0.1) is 0 Å². The van der Waals surface area contributed by atoms with Crippen LogP contribution in [0.1, 0.15) is 64.2 Å². The molecule has 1 amide bonds. The molecule has 1 heterocycles. The van der Waals surface area contributed by atoms with Crippen molar-refractivity contribution in [1.29, 1.82) is 0 Å². The second-order valence-corrected chi connectivity index (χ2v) is 12.1. The summed E-state index contributed by atoms with van der Waals surface area (Å²) in [6, 6.07) is 11.8. The van der Waals surface area contributed by atoms with Crippen molar-refractivity contribution < 1.29 is 57.5 Å². The molecule has 51 heavy (non-hydrogen) atoms. The standard InChI is InChI=1S/C24H26F6N2O.C11H11F6N/c1-31(13-10-17-14-19(23(25,26)27)16-20(15-17)24(28,29)30)22(33)21(18-8-4-2-5-9-18)32-11-6-3-7-12-32;1-18-3-2-7-4-8(10(12,13)14)6-9(5-7)11(15,16)17/h2,4-5,8-9,14-16,21H,3,6-7,10-13H2,1H3;4-6,18H,2-3H2,1H3. The SMILES string of the molecule is CN(CCc1cc(C(F)(F)F)cc(C(F)(F)F)c1)C(=O)C(c1ccccc1)N1CCCCC1.CNCCc1cc(C(F)(F)F)cc(C(F)(F)F)c1. The lowest BCUT2D eigenvalue weighted by Gasteiger charge is -2.36. The predicted octanol–water partition coefficient (Wildman–Crippen LogP) is 9.44. The number of nitrogens with zero attached hydrogens (tertiary/aromatic N) is 2. The van der Waals surface area contributed by atoms with Gasteiger partial charge < -0.3 is 10.2 Å². The van der Waals surface area contributed by atoms with E-state index in [9.17, 15) is 57.5 Å². The highest BCUT2D eigenvalue weighted by atomic mass is 19.4. The van der Waals surface area contributed by atoms with E-state index in [1.54, 1.807) is 7.05 Å². The predicted molar refractivity (Wildman–Crippen MR) is 166 cm³/mol. The first-order valence-electron chi connectivity index (χ1n) is 15.9. The molecule has 3 aromatic rings. The molecule has 0 spiro atoms. The molecule has 4 rings (SSSR count). The third-order valence-corrected chi connectivity index (χ3v) is 8.18. The number of rotatable bonds is 9. The lowest BCUT2D eigenvalue weighted by atomic mass is 9.99. The Balaban J connectivity index is 0.000000330. The number of alkyl halides is 12. The Bertz CT molecular complexity index is 1500. The molecule has 1 saturated heterocycles. The number of nitrogens with one attached hydrogen (secondary N) is 1. The van der Waals surface area contributed by atoms with Crippen molar-refractivity contribution in [3.8, 4) is 0 Å². The first-order chi connectivity index (χ1) is 23.6. The zero-order chi connectivity index (χ0) is 38.2. The van der Waals surface area contributed by atoms with Crippen molar-refractivity contribution in [2.24, 2.45) is 0 Å². The normalized spacial score (nSPS) is 15.2. The molecule has 0 saturated carbocycles. The van der Waals surface area contributed by atoms with E-state index in [1.165, 1.54) is 11.9 Å². The first-order valence-corrected chi connectivity index (χ1v) is 15.9. The van der Waals surface area contributed by atoms with Crippen molar-refractivity contribution in [3.63, 3.8) is 0 Å². The first kappa shape index (κ1) is 41.6. The second-order valence-electron chi connectivity index (χ2n) is 12.1. The Hall–Kier alpha value is -3.79. The average Bonchev–Trinajstić information content (AvgIpc) is 3.05. The van der Waals surface area contributed by atoms with Gasteiger partial charge in [0.15, 0.2) is 0 Å². The van der Waals surface area contributed by atoms with Crippen LogP contribution in [0.5, 0.6) is 0 Å². The van der Waals surface area contributed by atoms with Crippen LogP contribution in [0.4, 0.5) is 52.7 Å². The molecule has 3 aromatic carbocycles. The third-order valence-electron chi connectivity index (χ3n) is 8.18. The monoisotopic (exact) mass is 743 g/mol. The summed E-state index contributed by atoms with van der Waals surface area (Å²) in [7, 11) is 3.10. The summed E-state index contributed by atoms with van der Waals surface area (Å²) >= 11 is 0. The number of likely N-dealkylation sites (N-methyl/N-ethyl adjacent to an activating group) is 2. The lowest BCUT2D eigenvalue weighted by molar-refractivity contribution is -0.144. The Morgan fingerprint density at radius 2 is 1.08 bits per heavy atom. The number of carbonyl (C=O) groups is 1. The van der Waals surface area contributed by atoms with E-state index in [1.807, 2.05) is 30.3 Å². The van der Waals surface area contributed by atoms with E-state index in [4.69, 9.17) is 0 Å². The largest absolute Gasteiger partial charge is 0.416 e. The van der Waals surface area contributed by atoms with E-state index in [0.29, 0.717) is 18.7 Å². The lowest BCUT2D eigenvalue weighted by Crippen LogP contribution is -2.44. The van der Waals surface area contributed by atoms with Gasteiger partial charge in [-0.15, -0.1) is 0 Å². The summed E-state index contributed by atoms with van der Waals surface area (Å²) < 4.78 is 154. The second kappa shape index (κ2) is 17.2. The highest BCUT2D eigenvalue weighted by molar-refractivity contribution is 5.83. The molecular formula is C35H37F12N3O. The zero-order valence-corrected chi connectivity index (χ0v) is 27.6. The van der Waals surface area contributed by atoms with Crippen molar-refractivity contribution in [1.82, 2.24) is 15.1 Å². The van der Waals surface area contributed by atoms with E-state index in [0.717, 1.165) is 50.0 Å². The van der Waals surface area contributed by atoms with Crippen molar-refractivity contribution >= 4 is 5.91 Å². The fourth-order valence-electron chi connectivity index (χ4n) is 5.53. The topological polar surface area (TPSA) is 35.6 Å². The van der Waals surface area contributed by atoms with E-state index in [-0.39, 0.29) is 48.6 Å². The maximum absolute atomic E-state index is 13.3. The van der Waals surface area contributed by atoms with Gasteiger partial charge in [-0.3, -0.25) is 9.69 Å². The van der Waals surface area contributed by atoms with E-state index < -0.39 is 53.0 Å². The Kier molecular flexibility index (Phi) is 14.0. The van der Waals surface area contributed by atoms with Crippen LogP contribution < -0.4 is 5.32 Å². The summed E-state index contributed by atoms with van der Waals surface area (Å²) in [5.41, 5.74) is -4.55. The minimum absolute atomic E-state index is 0.00534. The van der Waals surface area contributed by atoms with Gasteiger partial charge in [0.25, 0.3) is 0 Å². The molecule has 1 aliphatic heterocycles. The Morgan fingerprint density at radius 1 is 0.667 bits per heavy atom. The molecule has 16 heteroatoms. The van der Waals surface area contributed by atoms with Crippen LogP contribution in [0.3, 0.4) is 0 Å². The number of piperidine rings is 1. The van der Waals surface area contributed by atoms with Gasteiger partial charge in [-0.25, -0.2) is 0 Å². The number of likely N-dealkylation sites (tertiary alicyclic amines) is 1. The third kappa shape index (κ3) is 12.4. The summed E-state index contributed by atoms with van der Waals surface area (Å²) in [6.07, 6.45) is -16.4. The van der Waals surface area contributed by atoms with Crippen LogP contribution >= 0.6 is 0 Å². The van der Waals surface area contributed by atoms with Crippen LogP contribution in [0.2, 0.25) is 0 Å². The van der Waals surface area contributed by atoms with E-state index in [2.05, 4.69) is 10.2 Å². The molecule has 1 N–H and O–H groups in total. The highest BCUT2D eigenvalue weighted by Crippen LogP contribution is 2.38. The molecule has 1 fully saturated rings. The van der Waals surface area contributed by atoms with E-state index >= 15 is 0 Å². The van der Waals surface area contributed by atoms with Crippen molar-refractivity contribution in [2.45, 2.75) is 62.9 Å².